The first-order valence-corrected chi connectivity index (χ1v) is 7.43. The van der Waals surface area contributed by atoms with Crippen molar-refractivity contribution in [1.82, 2.24) is 10.9 Å². The van der Waals surface area contributed by atoms with Gasteiger partial charge in [-0.25, -0.2) is 10.2 Å². The standard InChI is InChI=1S/C15H30N2O2/c1-10(2)12-8-7-11(3)9-13(12)16-17-14(18)19-15(4,5)6/h10-13,16H,7-9H2,1-6H3,(H,17,18). The third-order valence-corrected chi connectivity index (χ3v) is 3.78. The van der Waals surface area contributed by atoms with Gasteiger partial charge in [-0.1, -0.05) is 27.2 Å². The fraction of sp³-hybridized carbons (Fsp3) is 0.933. The summed E-state index contributed by atoms with van der Waals surface area (Å²) < 4.78 is 5.24. The zero-order valence-electron chi connectivity index (χ0n) is 13.2. The van der Waals surface area contributed by atoms with E-state index in [1.165, 1.54) is 12.8 Å². The van der Waals surface area contributed by atoms with Crippen LogP contribution in [-0.2, 0) is 4.74 Å². The van der Waals surface area contributed by atoms with Crippen LogP contribution in [0.5, 0.6) is 0 Å². The van der Waals surface area contributed by atoms with Crippen LogP contribution in [0.1, 0.15) is 60.8 Å². The Kier molecular flexibility index (Phi) is 5.65. The van der Waals surface area contributed by atoms with Gasteiger partial charge in [0.2, 0.25) is 0 Å². The van der Waals surface area contributed by atoms with Crippen molar-refractivity contribution in [3.05, 3.63) is 0 Å². The quantitative estimate of drug-likeness (QED) is 0.772. The molecule has 1 fully saturated rings. The second-order valence-corrected chi connectivity index (χ2v) is 7.20. The molecule has 0 heterocycles. The molecule has 0 aliphatic heterocycles. The SMILES string of the molecule is CC1CCC(C(C)C)C(NNC(=O)OC(C)(C)C)C1. The second-order valence-electron chi connectivity index (χ2n) is 7.20. The maximum atomic E-state index is 11.7. The van der Waals surface area contributed by atoms with Gasteiger partial charge in [-0.2, -0.15) is 0 Å². The molecule has 1 aliphatic rings. The highest BCUT2D eigenvalue weighted by Gasteiger charge is 2.31. The smallest absolute Gasteiger partial charge is 0.422 e. The summed E-state index contributed by atoms with van der Waals surface area (Å²) in [5.41, 5.74) is 5.43. The van der Waals surface area contributed by atoms with E-state index in [2.05, 4.69) is 31.6 Å². The van der Waals surface area contributed by atoms with Gasteiger partial charge >= 0.3 is 6.09 Å². The molecule has 1 amide bonds. The molecule has 3 atom stereocenters. The molecule has 1 rings (SSSR count). The van der Waals surface area contributed by atoms with Crippen LogP contribution < -0.4 is 10.9 Å². The van der Waals surface area contributed by atoms with Gasteiger partial charge in [0.25, 0.3) is 0 Å². The van der Waals surface area contributed by atoms with Crippen molar-refractivity contribution in [3.63, 3.8) is 0 Å². The fourth-order valence-electron chi connectivity index (χ4n) is 2.82. The normalized spacial score (nSPS) is 28.3. The highest BCUT2D eigenvalue weighted by Crippen LogP contribution is 2.33. The molecule has 0 spiro atoms. The first-order valence-electron chi connectivity index (χ1n) is 7.43. The van der Waals surface area contributed by atoms with Gasteiger partial charge in [0, 0.05) is 6.04 Å². The summed E-state index contributed by atoms with van der Waals surface area (Å²) >= 11 is 0. The largest absolute Gasteiger partial charge is 0.443 e. The Morgan fingerprint density at radius 1 is 1.26 bits per heavy atom. The van der Waals surface area contributed by atoms with Crippen LogP contribution in [0.25, 0.3) is 0 Å². The minimum Gasteiger partial charge on any atom is -0.443 e. The van der Waals surface area contributed by atoms with Gasteiger partial charge < -0.3 is 4.74 Å². The molecule has 2 N–H and O–H groups in total. The zero-order valence-corrected chi connectivity index (χ0v) is 13.2. The topological polar surface area (TPSA) is 50.4 Å². The molecule has 0 bridgehead atoms. The minimum atomic E-state index is -0.455. The molecule has 1 aliphatic carbocycles. The van der Waals surface area contributed by atoms with Gasteiger partial charge in [-0.15, -0.1) is 0 Å². The Labute approximate surface area is 117 Å². The van der Waals surface area contributed by atoms with E-state index < -0.39 is 11.7 Å². The maximum absolute atomic E-state index is 11.7. The monoisotopic (exact) mass is 270 g/mol. The molecular weight excluding hydrogens is 240 g/mol. The summed E-state index contributed by atoms with van der Waals surface area (Å²) in [4.78, 5) is 11.7. The van der Waals surface area contributed by atoms with E-state index in [0.29, 0.717) is 23.8 Å². The Balaban J connectivity index is 2.46. The summed E-state index contributed by atoms with van der Waals surface area (Å²) in [6.07, 6.45) is 3.23. The van der Waals surface area contributed by atoms with Gasteiger partial charge in [0.15, 0.2) is 0 Å². The Bertz CT molecular complexity index is 297. The van der Waals surface area contributed by atoms with Crippen molar-refractivity contribution in [1.29, 1.82) is 0 Å². The summed E-state index contributed by atoms with van der Waals surface area (Å²) in [6.45, 7) is 12.4. The summed E-state index contributed by atoms with van der Waals surface area (Å²) in [5.74, 6) is 1.96. The second kappa shape index (κ2) is 6.60. The third-order valence-electron chi connectivity index (χ3n) is 3.78. The van der Waals surface area contributed by atoms with Gasteiger partial charge in [0.1, 0.15) is 5.60 Å². The van der Waals surface area contributed by atoms with Crippen molar-refractivity contribution >= 4 is 6.09 Å². The van der Waals surface area contributed by atoms with E-state index in [4.69, 9.17) is 4.74 Å². The molecule has 4 heteroatoms. The molecule has 0 aromatic rings. The van der Waals surface area contributed by atoms with Gasteiger partial charge in [0.05, 0.1) is 0 Å². The van der Waals surface area contributed by atoms with E-state index in [1.54, 1.807) is 0 Å². The number of hydrogen-bond donors (Lipinski definition) is 2. The molecule has 0 saturated heterocycles. The molecule has 19 heavy (non-hydrogen) atoms. The van der Waals surface area contributed by atoms with Crippen molar-refractivity contribution in [2.45, 2.75) is 72.4 Å². The van der Waals surface area contributed by atoms with Crippen molar-refractivity contribution in [3.8, 4) is 0 Å². The minimum absolute atomic E-state index is 0.344. The summed E-state index contributed by atoms with van der Waals surface area (Å²) in [5, 5.41) is 0. The third kappa shape index (κ3) is 5.81. The van der Waals surface area contributed by atoms with Crippen LogP contribution in [-0.4, -0.2) is 17.7 Å². The number of carbonyl (C=O) groups is 1. The van der Waals surface area contributed by atoms with Gasteiger partial charge in [-0.3, -0.25) is 5.43 Å². The van der Waals surface area contributed by atoms with Crippen molar-refractivity contribution in [2.24, 2.45) is 17.8 Å². The highest BCUT2D eigenvalue weighted by molar-refractivity contribution is 5.67. The lowest BCUT2D eigenvalue weighted by Gasteiger charge is -2.37. The van der Waals surface area contributed by atoms with Crippen molar-refractivity contribution < 1.29 is 9.53 Å². The van der Waals surface area contributed by atoms with Crippen LogP contribution in [0.15, 0.2) is 0 Å². The molecule has 4 nitrogen and oxygen atoms in total. The predicted octanol–water partition coefficient (Wildman–Crippen LogP) is 3.48. The molecule has 1 saturated carbocycles. The summed E-state index contributed by atoms with van der Waals surface area (Å²) in [7, 11) is 0. The lowest BCUT2D eigenvalue weighted by Crippen LogP contribution is -2.52. The molecular formula is C15H30N2O2. The van der Waals surface area contributed by atoms with E-state index >= 15 is 0 Å². The lowest BCUT2D eigenvalue weighted by molar-refractivity contribution is 0.0453. The molecule has 112 valence electrons. The van der Waals surface area contributed by atoms with Crippen LogP contribution in [0.2, 0.25) is 0 Å². The number of nitrogens with one attached hydrogen (secondary N) is 2. The Morgan fingerprint density at radius 2 is 1.89 bits per heavy atom. The van der Waals surface area contributed by atoms with E-state index in [1.807, 2.05) is 20.8 Å². The molecule has 0 radical (unpaired) electrons. The van der Waals surface area contributed by atoms with Crippen LogP contribution in [0, 0.1) is 17.8 Å². The van der Waals surface area contributed by atoms with E-state index in [0.717, 1.165) is 6.42 Å². The Hall–Kier alpha value is -0.770. The van der Waals surface area contributed by atoms with Crippen LogP contribution >= 0.6 is 0 Å². The van der Waals surface area contributed by atoms with Crippen molar-refractivity contribution in [2.75, 3.05) is 0 Å². The Morgan fingerprint density at radius 3 is 2.42 bits per heavy atom. The highest BCUT2D eigenvalue weighted by atomic mass is 16.6. The zero-order chi connectivity index (χ0) is 14.6. The maximum Gasteiger partial charge on any atom is 0.422 e. The molecule has 0 aromatic heterocycles. The van der Waals surface area contributed by atoms with E-state index in [-0.39, 0.29) is 0 Å². The molecule has 3 unspecified atom stereocenters. The number of carbonyl (C=O) groups excluding carboxylic acids is 1. The predicted molar refractivity (Wildman–Crippen MR) is 77.6 cm³/mol. The number of rotatable bonds is 3. The molecule has 0 aromatic carbocycles. The average molecular weight is 270 g/mol. The number of ether oxygens (including phenoxy) is 1. The first-order chi connectivity index (χ1) is 8.69. The first kappa shape index (κ1) is 16.3. The van der Waals surface area contributed by atoms with Gasteiger partial charge in [-0.05, 0) is 51.4 Å². The fourth-order valence-corrected chi connectivity index (χ4v) is 2.82. The van der Waals surface area contributed by atoms with Crippen LogP contribution in [0.4, 0.5) is 4.79 Å². The number of hydrogen-bond acceptors (Lipinski definition) is 3. The number of hydrazine groups is 1. The summed E-state index contributed by atoms with van der Waals surface area (Å²) in [6, 6.07) is 0.344. The van der Waals surface area contributed by atoms with E-state index in [9.17, 15) is 4.79 Å². The lowest BCUT2D eigenvalue weighted by atomic mass is 9.74. The van der Waals surface area contributed by atoms with Crippen LogP contribution in [0.3, 0.4) is 0 Å². The average Bonchev–Trinajstić information content (AvgIpc) is 2.23. The number of amides is 1.